The van der Waals surface area contributed by atoms with Gasteiger partial charge in [0, 0.05) is 6.20 Å². The number of hydrogen-bond donors (Lipinski definition) is 0. The lowest BCUT2D eigenvalue weighted by Crippen LogP contribution is -2.24. The number of hydrogen-bond acceptors (Lipinski definition) is 1. The largest absolute Gasteiger partial charge is 0.256 e. The van der Waals surface area contributed by atoms with E-state index in [9.17, 15) is 0 Å². The molecule has 0 spiro atoms. The molecule has 66 valence electrons. The average molecular weight is 171 g/mol. The predicted molar refractivity (Wildman–Crippen MR) is 54.7 cm³/mol. The molecule has 0 bridgehead atoms. The monoisotopic (exact) mass is 171 g/mol. The standard InChI is InChI=1S/C12H13N/c1-10-5-4-7-11-6-2-3-8-12(11)13-9-10/h2-3,6-9H,4-5H2,1H3/b10-9-,11-7-,13-12-. The van der Waals surface area contributed by atoms with E-state index in [0.29, 0.717) is 0 Å². The van der Waals surface area contributed by atoms with Crippen LogP contribution in [0.15, 0.2) is 41.0 Å². The Morgan fingerprint density at radius 1 is 1.23 bits per heavy atom. The first-order valence-corrected chi connectivity index (χ1v) is 4.65. The van der Waals surface area contributed by atoms with Crippen molar-refractivity contribution in [2.24, 2.45) is 4.99 Å². The zero-order valence-corrected chi connectivity index (χ0v) is 7.83. The van der Waals surface area contributed by atoms with Crippen LogP contribution in [0.4, 0.5) is 0 Å². The molecule has 0 radical (unpaired) electrons. The smallest absolute Gasteiger partial charge is 0.0698 e. The van der Waals surface area contributed by atoms with Crippen LogP contribution in [0.3, 0.4) is 0 Å². The van der Waals surface area contributed by atoms with Crippen LogP contribution in [0, 0.1) is 0 Å². The van der Waals surface area contributed by atoms with Crippen molar-refractivity contribution in [1.82, 2.24) is 0 Å². The Bertz CT molecular complexity index is 440. The molecule has 0 amide bonds. The molecule has 0 saturated carbocycles. The molecule has 0 saturated heterocycles. The maximum Gasteiger partial charge on any atom is 0.0698 e. The van der Waals surface area contributed by atoms with Crippen LogP contribution in [0.5, 0.6) is 0 Å². The van der Waals surface area contributed by atoms with Crippen LogP contribution < -0.4 is 10.6 Å². The van der Waals surface area contributed by atoms with E-state index >= 15 is 0 Å². The highest BCUT2D eigenvalue weighted by Gasteiger charge is 1.92. The van der Waals surface area contributed by atoms with Crippen LogP contribution in [0.2, 0.25) is 0 Å². The fourth-order valence-electron chi connectivity index (χ4n) is 1.48. The minimum absolute atomic E-state index is 1.08. The molecule has 1 nitrogen and oxygen atoms in total. The van der Waals surface area contributed by atoms with E-state index in [-0.39, 0.29) is 0 Å². The number of para-hydroxylation sites is 1. The molecule has 2 rings (SSSR count). The molecule has 0 atom stereocenters. The van der Waals surface area contributed by atoms with E-state index in [1.54, 1.807) is 0 Å². The summed E-state index contributed by atoms with van der Waals surface area (Å²) in [6.07, 6.45) is 6.48. The molecule has 0 aliphatic carbocycles. The van der Waals surface area contributed by atoms with Gasteiger partial charge >= 0.3 is 0 Å². The maximum absolute atomic E-state index is 4.43. The highest BCUT2D eigenvalue weighted by Crippen LogP contribution is 2.04. The lowest BCUT2D eigenvalue weighted by Gasteiger charge is -1.99. The summed E-state index contributed by atoms with van der Waals surface area (Å²) >= 11 is 0. The summed E-state index contributed by atoms with van der Waals surface area (Å²) in [4.78, 5) is 4.43. The SMILES string of the molecule is C/C1=C/N=c2/cccc/c2=C/CC1. The minimum atomic E-state index is 1.08. The third-order valence-corrected chi connectivity index (χ3v) is 2.26. The summed E-state index contributed by atoms with van der Waals surface area (Å²) < 4.78 is 0. The lowest BCUT2D eigenvalue weighted by atomic mass is 10.1. The summed E-state index contributed by atoms with van der Waals surface area (Å²) in [6, 6.07) is 8.26. The zero-order chi connectivity index (χ0) is 9.10. The van der Waals surface area contributed by atoms with Gasteiger partial charge in [-0.15, -0.1) is 0 Å². The third-order valence-electron chi connectivity index (χ3n) is 2.26. The van der Waals surface area contributed by atoms with Crippen LogP contribution in [-0.2, 0) is 0 Å². The van der Waals surface area contributed by atoms with Crippen LogP contribution in [0.1, 0.15) is 19.8 Å². The first kappa shape index (κ1) is 8.24. The van der Waals surface area contributed by atoms with Gasteiger partial charge in [-0.2, -0.15) is 0 Å². The molecule has 1 heterocycles. The van der Waals surface area contributed by atoms with E-state index in [1.165, 1.54) is 10.8 Å². The Kier molecular flexibility index (Phi) is 2.26. The average Bonchev–Trinajstić information content (AvgIpc) is 2.13. The summed E-state index contributed by atoms with van der Waals surface area (Å²) in [5.74, 6) is 0. The maximum atomic E-state index is 4.43. The molecule has 13 heavy (non-hydrogen) atoms. The van der Waals surface area contributed by atoms with Crippen LogP contribution in [0.25, 0.3) is 6.08 Å². The molecular weight excluding hydrogens is 158 g/mol. The molecule has 0 fully saturated rings. The summed E-state index contributed by atoms with van der Waals surface area (Å²) in [6.45, 7) is 2.13. The van der Waals surface area contributed by atoms with Gasteiger partial charge in [0.05, 0.1) is 5.36 Å². The van der Waals surface area contributed by atoms with Gasteiger partial charge in [-0.3, -0.25) is 4.99 Å². The Hall–Kier alpha value is -1.37. The topological polar surface area (TPSA) is 12.4 Å². The van der Waals surface area contributed by atoms with E-state index in [0.717, 1.165) is 18.2 Å². The molecule has 1 aliphatic heterocycles. The van der Waals surface area contributed by atoms with E-state index in [2.05, 4.69) is 36.2 Å². The van der Waals surface area contributed by atoms with Gasteiger partial charge in [-0.25, -0.2) is 0 Å². The molecule has 0 aromatic heterocycles. The highest BCUT2D eigenvalue weighted by atomic mass is 14.7. The van der Waals surface area contributed by atoms with E-state index in [1.807, 2.05) is 12.3 Å². The lowest BCUT2D eigenvalue weighted by molar-refractivity contribution is 0.987. The molecule has 1 aromatic rings. The Balaban J connectivity index is 2.66. The first-order chi connectivity index (χ1) is 6.36. The Morgan fingerprint density at radius 3 is 3.00 bits per heavy atom. The van der Waals surface area contributed by atoms with Crippen molar-refractivity contribution >= 4 is 6.08 Å². The fraction of sp³-hybridized carbons (Fsp3) is 0.250. The van der Waals surface area contributed by atoms with Crippen LogP contribution in [-0.4, -0.2) is 0 Å². The zero-order valence-electron chi connectivity index (χ0n) is 7.83. The molecule has 0 N–H and O–H groups in total. The first-order valence-electron chi connectivity index (χ1n) is 4.65. The number of fused-ring (bicyclic) bond motifs is 1. The van der Waals surface area contributed by atoms with Crippen molar-refractivity contribution < 1.29 is 0 Å². The van der Waals surface area contributed by atoms with Crippen molar-refractivity contribution in [2.45, 2.75) is 19.8 Å². The Labute approximate surface area is 78.1 Å². The molecule has 1 heteroatoms. The number of rotatable bonds is 0. The number of benzene rings is 1. The highest BCUT2D eigenvalue weighted by molar-refractivity contribution is 5.25. The summed E-state index contributed by atoms with van der Waals surface area (Å²) in [5, 5.41) is 2.34. The van der Waals surface area contributed by atoms with E-state index in [4.69, 9.17) is 0 Å². The van der Waals surface area contributed by atoms with Gasteiger partial charge in [-0.05, 0) is 31.1 Å². The number of allylic oxidation sites excluding steroid dienone is 1. The number of nitrogens with zero attached hydrogens (tertiary/aromatic N) is 1. The van der Waals surface area contributed by atoms with Gasteiger partial charge < -0.3 is 0 Å². The fourth-order valence-corrected chi connectivity index (χ4v) is 1.48. The van der Waals surface area contributed by atoms with Gasteiger partial charge in [0.15, 0.2) is 0 Å². The van der Waals surface area contributed by atoms with Gasteiger partial charge in [0.2, 0.25) is 0 Å². The second-order valence-corrected chi connectivity index (χ2v) is 3.41. The molecule has 0 unspecified atom stereocenters. The van der Waals surface area contributed by atoms with E-state index < -0.39 is 0 Å². The normalized spacial score (nSPS) is 24.8. The predicted octanol–water partition coefficient (Wildman–Crippen LogP) is 1.78. The minimum Gasteiger partial charge on any atom is -0.256 e. The molecular formula is C12H13N. The second-order valence-electron chi connectivity index (χ2n) is 3.41. The van der Waals surface area contributed by atoms with Gasteiger partial charge in [0.25, 0.3) is 0 Å². The van der Waals surface area contributed by atoms with Crippen molar-refractivity contribution in [3.05, 3.63) is 46.6 Å². The quantitative estimate of drug-likeness (QED) is 0.564. The van der Waals surface area contributed by atoms with Crippen molar-refractivity contribution in [1.29, 1.82) is 0 Å². The van der Waals surface area contributed by atoms with Crippen molar-refractivity contribution in [2.75, 3.05) is 0 Å². The van der Waals surface area contributed by atoms with Gasteiger partial charge in [-0.1, -0.05) is 29.8 Å². The second kappa shape index (κ2) is 3.56. The molecule has 1 aliphatic rings. The molecule has 1 aromatic carbocycles. The van der Waals surface area contributed by atoms with Crippen LogP contribution >= 0.6 is 0 Å². The van der Waals surface area contributed by atoms with Crippen molar-refractivity contribution in [3.63, 3.8) is 0 Å². The summed E-state index contributed by atoms with van der Waals surface area (Å²) in [7, 11) is 0. The van der Waals surface area contributed by atoms with Crippen molar-refractivity contribution in [3.8, 4) is 0 Å². The third kappa shape index (κ3) is 1.86. The summed E-state index contributed by atoms with van der Waals surface area (Å²) in [5.41, 5.74) is 1.35. The Morgan fingerprint density at radius 2 is 2.08 bits per heavy atom. The van der Waals surface area contributed by atoms with Gasteiger partial charge in [0.1, 0.15) is 0 Å².